The second kappa shape index (κ2) is 6.06. The van der Waals surface area contributed by atoms with Crippen molar-refractivity contribution < 1.29 is 14.6 Å². The van der Waals surface area contributed by atoms with Crippen LogP contribution in [0.25, 0.3) is 0 Å². The highest BCUT2D eigenvalue weighted by molar-refractivity contribution is 5.75. The number of ether oxygens (including phenoxy) is 1. The molecule has 1 rings (SSSR count). The Labute approximate surface area is 114 Å². The summed E-state index contributed by atoms with van der Waals surface area (Å²) < 4.78 is 5.50. The molecule has 0 aliphatic rings. The highest BCUT2D eigenvalue weighted by Crippen LogP contribution is 2.35. The molecular formula is C15H23NO3. The molecule has 0 amide bonds. The monoisotopic (exact) mass is 265 g/mol. The smallest absolute Gasteiger partial charge is 0.311 e. The van der Waals surface area contributed by atoms with Crippen LogP contribution in [0.1, 0.15) is 37.9 Å². The summed E-state index contributed by atoms with van der Waals surface area (Å²) >= 11 is 0. The van der Waals surface area contributed by atoms with E-state index in [-0.39, 0.29) is 6.04 Å². The predicted molar refractivity (Wildman–Crippen MR) is 75.6 cm³/mol. The number of carbonyl (C=O) groups is 1. The Hall–Kier alpha value is -1.55. The average Bonchev–Trinajstić information content (AvgIpc) is 2.33. The molecule has 0 radical (unpaired) electrons. The number of aryl methyl sites for hydroxylation is 1. The Balaban J connectivity index is 3.13. The molecule has 0 bridgehead atoms. The minimum atomic E-state index is -0.881. The van der Waals surface area contributed by atoms with E-state index in [1.165, 1.54) is 0 Å². The Bertz CT molecular complexity index is 455. The standard InChI is InChI=1S/C15H23NO3/c1-6-19-12-8-7-11(9-10(12)2)13(16-5)15(3,4)14(17)18/h7-9,13,16H,6H2,1-5H3,(H,17,18). The third-order valence-electron chi connectivity index (χ3n) is 3.39. The van der Waals surface area contributed by atoms with Crippen LogP contribution in [0.3, 0.4) is 0 Å². The number of nitrogens with one attached hydrogen (secondary N) is 1. The van der Waals surface area contributed by atoms with Gasteiger partial charge < -0.3 is 15.2 Å². The van der Waals surface area contributed by atoms with Crippen LogP contribution in [-0.2, 0) is 4.79 Å². The van der Waals surface area contributed by atoms with Crippen LogP contribution < -0.4 is 10.1 Å². The molecule has 0 saturated carbocycles. The molecule has 0 aromatic heterocycles. The molecule has 0 aliphatic carbocycles. The summed E-state index contributed by atoms with van der Waals surface area (Å²) in [6.07, 6.45) is 0. The van der Waals surface area contributed by atoms with Crippen molar-refractivity contribution in [3.05, 3.63) is 29.3 Å². The molecule has 0 heterocycles. The van der Waals surface area contributed by atoms with Crippen molar-refractivity contribution in [1.29, 1.82) is 0 Å². The molecular weight excluding hydrogens is 242 g/mol. The third kappa shape index (κ3) is 3.26. The Morgan fingerprint density at radius 2 is 2.11 bits per heavy atom. The largest absolute Gasteiger partial charge is 0.494 e. The second-order valence-electron chi connectivity index (χ2n) is 5.21. The van der Waals surface area contributed by atoms with Crippen LogP contribution in [0.4, 0.5) is 0 Å². The zero-order chi connectivity index (χ0) is 14.6. The van der Waals surface area contributed by atoms with Crippen LogP contribution in [0.5, 0.6) is 5.75 Å². The maximum absolute atomic E-state index is 11.4. The maximum Gasteiger partial charge on any atom is 0.311 e. The van der Waals surface area contributed by atoms with Crippen molar-refractivity contribution >= 4 is 5.97 Å². The van der Waals surface area contributed by atoms with E-state index in [4.69, 9.17) is 4.74 Å². The fraction of sp³-hybridized carbons (Fsp3) is 0.533. The third-order valence-corrected chi connectivity index (χ3v) is 3.39. The van der Waals surface area contributed by atoms with Crippen LogP contribution in [-0.4, -0.2) is 24.7 Å². The van der Waals surface area contributed by atoms with E-state index < -0.39 is 11.4 Å². The molecule has 0 spiro atoms. The van der Waals surface area contributed by atoms with Gasteiger partial charge in [0.15, 0.2) is 0 Å². The van der Waals surface area contributed by atoms with Gasteiger partial charge in [-0.2, -0.15) is 0 Å². The van der Waals surface area contributed by atoms with Crippen molar-refractivity contribution in [3.63, 3.8) is 0 Å². The van der Waals surface area contributed by atoms with Gasteiger partial charge in [0, 0.05) is 6.04 Å². The molecule has 4 nitrogen and oxygen atoms in total. The van der Waals surface area contributed by atoms with Crippen molar-refractivity contribution in [2.75, 3.05) is 13.7 Å². The first-order valence-corrected chi connectivity index (χ1v) is 6.48. The quantitative estimate of drug-likeness (QED) is 0.830. The molecule has 1 atom stereocenters. The summed E-state index contributed by atoms with van der Waals surface area (Å²) in [6, 6.07) is 5.55. The maximum atomic E-state index is 11.4. The fourth-order valence-electron chi connectivity index (χ4n) is 2.24. The molecule has 0 saturated heterocycles. The lowest BCUT2D eigenvalue weighted by atomic mass is 9.80. The molecule has 106 valence electrons. The first kappa shape index (κ1) is 15.5. The Kier molecular flexibility index (Phi) is 4.95. The van der Waals surface area contributed by atoms with E-state index in [1.54, 1.807) is 20.9 Å². The van der Waals surface area contributed by atoms with E-state index >= 15 is 0 Å². The summed E-state index contributed by atoms with van der Waals surface area (Å²) in [7, 11) is 1.78. The second-order valence-corrected chi connectivity index (χ2v) is 5.21. The highest BCUT2D eigenvalue weighted by atomic mass is 16.5. The normalized spacial score (nSPS) is 13.1. The molecule has 2 N–H and O–H groups in total. The number of hydrogen-bond acceptors (Lipinski definition) is 3. The Morgan fingerprint density at radius 3 is 2.53 bits per heavy atom. The van der Waals surface area contributed by atoms with E-state index in [2.05, 4.69) is 5.32 Å². The zero-order valence-corrected chi connectivity index (χ0v) is 12.3. The summed E-state index contributed by atoms with van der Waals surface area (Å²) in [4.78, 5) is 11.4. The van der Waals surface area contributed by atoms with Gasteiger partial charge in [0.1, 0.15) is 5.75 Å². The van der Waals surface area contributed by atoms with Gasteiger partial charge in [-0.15, -0.1) is 0 Å². The van der Waals surface area contributed by atoms with Crippen LogP contribution in [0, 0.1) is 12.3 Å². The van der Waals surface area contributed by atoms with Gasteiger partial charge in [0.2, 0.25) is 0 Å². The predicted octanol–water partition coefficient (Wildman–Crippen LogP) is 2.77. The first-order valence-electron chi connectivity index (χ1n) is 6.48. The summed E-state index contributed by atoms with van der Waals surface area (Å²) in [5.74, 6) is 0.0209. The van der Waals surface area contributed by atoms with Gasteiger partial charge in [-0.1, -0.05) is 12.1 Å². The minimum Gasteiger partial charge on any atom is -0.494 e. The van der Waals surface area contributed by atoms with Crippen molar-refractivity contribution in [2.45, 2.75) is 33.7 Å². The summed E-state index contributed by atoms with van der Waals surface area (Å²) in [5.41, 5.74) is 1.09. The SMILES string of the molecule is CCOc1ccc(C(NC)C(C)(C)C(=O)O)cc1C. The van der Waals surface area contributed by atoms with E-state index in [1.807, 2.05) is 32.0 Å². The van der Waals surface area contributed by atoms with Gasteiger partial charge in [0.05, 0.1) is 12.0 Å². The molecule has 1 aromatic carbocycles. The van der Waals surface area contributed by atoms with Gasteiger partial charge in [-0.3, -0.25) is 4.79 Å². The van der Waals surface area contributed by atoms with Gasteiger partial charge >= 0.3 is 5.97 Å². The number of carboxylic acid groups (broad SMARTS) is 1. The molecule has 0 aliphatic heterocycles. The number of carboxylic acids is 1. The van der Waals surface area contributed by atoms with E-state index in [0.29, 0.717) is 6.61 Å². The van der Waals surface area contributed by atoms with Crippen LogP contribution in [0.15, 0.2) is 18.2 Å². The number of benzene rings is 1. The minimum absolute atomic E-state index is 0.251. The summed E-state index contributed by atoms with van der Waals surface area (Å²) in [6.45, 7) is 7.98. The number of hydrogen-bond donors (Lipinski definition) is 2. The molecule has 1 unspecified atom stereocenters. The van der Waals surface area contributed by atoms with Crippen molar-refractivity contribution in [1.82, 2.24) is 5.32 Å². The van der Waals surface area contributed by atoms with E-state index in [0.717, 1.165) is 16.9 Å². The highest BCUT2D eigenvalue weighted by Gasteiger charge is 2.37. The molecule has 0 fully saturated rings. The van der Waals surface area contributed by atoms with Crippen molar-refractivity contribution in [3.8, 4) is 5.75 Å². The number of rotatable bonds is 6. The lowest BCUT2D eigenvalue weighted by Gasteiger charge is -2.31. The van der Waals surface area contributed by atoms with E-state index in [9.17, 15) is 9.90 Å². The molecule has 19 heavy (non-hydrogen) atoms. The molecule has 4 heteroatoms. The molecule has 1 aromatic rings. The topological polar surface area (TPSA) is 58.6 Å². The Morgan fingerprint density at radius 1 is 1.47 bits per heavy atom. The van der Waals surface area contributed by atoms with Crippen LogP contribution in [0.2, 0.25) is 0 Å². The van der Waals surface area contributed by atoms with Gasteiger partial charge in [-0.05, 0) is 51.9 Å². The van der Waals surface area contributed by atoms with Crippen LogP contribution >= 0.6 is 0 Å². The lowest BCUT2D eigenvalue weighted by molar-refractivity contribution is -0.148. The average molecular weight is 265 g/mol. The number of aliphatic carboxylic acids is 1. The van der Waals surface area contributed by atoms with Gasteiger partial charge in [0.25, 0.3) is 0 Å². The fourth-order valence-corrected chi connectivity index (χ4v) is 2.24. The first-order chi connectivity index (χ1) is 8.84. The lowest BCUT2D eigenvalue weighted by Crippen LogP contribution is -2.38. The van der Waals surface area contributed by atoms with Crippen molar-refractivity contribution in [2.24, 2.45) is 5.41 Å². The zero-order valence-electron chi connectivity index (χ0n) is 12.3. The summed E-state index contributed by atoms with van der Waals surface area (Å²) in [5, 5.41) is 12.4. The van der Waals surface area contributed by atoms with Gasteiger partial charge in [-0.25, -0.2) is 0 Å².